The predicted octanol–water partition coefficient (Wildman–Crippen LogP) is 4.14. The van der Waals surface area contributed by atoms with E-state index < -0.39 is 0 Å². The maximum absolute atomic E-state index is 13.6. The summed E-state index contributed by atoms with van der Waals surface area (Å²) in [5, 5.41) is 7.83. The zero-order chi connectivity index (χ0) is 19.2. The third kappa shape index (κ3) is 4.66. The van der Waals surface area contributed by atoms with Gasteiger partial charge in [-0.3, -0.25) is 0 Å². The molecule has 2 N–H and O–H groups in total. The van der Waals surface area contributed by atoms with Crippen LogP contribution < -0.4 is 10.6 Å². The largest absolute Gasteiger partial charge is 0.385 e. The van der Waals surface area contributed by atoms with Gasteiger partial charge in [-0.1, -0.05) is 6.92 Å². The number of amidine groups is 1. The molecule has 4 rings (SSSR count). The fourth-order valence-electron chi connectivity index (χ4n) is 3.00. The number of anilines is 2. The van der Waals surface area contributed by atoms with Gasteiger partial charge in [0.05, 0.1) is 16.9 Å². The first kappa shape index (κ1) is 19.8. The van der Waals surface area contributed by atoms with Gasteiger partial charge in [0.2, 0.25) is 0 Å². The highest BCUT2D eigenvalue weighted by Gasteiger charge is 2.24. The van der Waals surface area contributed by atoms with Crippen molar-refractivity contribution >= 4 is 33.5 Å². The molecule has 0 amide bonds. The van der Waals surface area contributed by atoms with E-state index in [1.807, 2.05) is 6.92 Å². The second-order valence-electron chi connectivity index (χ2n) is 6.35. The van der Waals surface area contributed by atoms with Crippen LogP contribution in [0.15, 0.2) is 29.3 Å². The summed E-state index contributed by atoms with van der Waals surface area (Å²) < 4.78 is 18.2. The Morgan fingerprint density at radius 1 is 1.22 bits per heavy atom. The summed E-state index contributed by atoms with van der Waals surface area (Å²) in [4.78, 5) is 8.52. The fourth-order valence-corrected chi connectivity index (χ4v) is 4.00. The SMILES string of the molecule is CCOC.CCc1cc2c(s1)Nc1cc(F)ccc1N=C2N1CCNCC1. The summed E-state index contributed by atoms with van der Waals surface area (Å²) >= 11 is 1.73. The predicted molar refractivity (Wildman–Crippen MR) is 112 cm³/mol. The number of fused-ring (bicyclic) bond motifs is 2. The second kappa shape index (κ2) is 9.30. The number of nitrogens with zero attached hydrogens (tertiary/aromatic N) is 2. The van der Waals surface area contributed by atoms with E-state index in [0.29, 0.717) is 0 Å². The highest BCUT2D eigenvalue weighted by molar-refractivity contribution is 7.16. The summed E-state index contributed by atoms with van der Waals surface area (Å²) in [5.74, 6) is 0.751. The van der Waals surface area contributed by atoms with E-state index in [1.165, 1.54) is 17.0 Å². The smallest absolute Gasteiger partial charge is 0.139 e. The topological polar surface area (TPSA) is 48.9 Å². The van der Waals surface area contributed by atoms with Crippen LogP contribution in [0, 0.1) is 5.82 Å². The quantitative estimate of drug-likeness (QED) is 0.809. The fraction of sp³-hybridized carbons (Fsp3) is 0.450. The van der Waals surface area contributed by atoms with Crippen LogP contribution in [0.5, 0.6) is 0 Å². The van der Waals surface area contributed by atoms with E-state index in [2.05, 4.69) is 33.3 Å². The lowest BCUT2D eigenvalue weighted by atomic mass is 10.2. The van der Waals surface area contributed by atoms with Crippen LogP contribution in [0.4, 0.5) is 20.8 Å². The number of halogens is 1. The maximum atomic E-state index is 13.6. The van der Waals surface area contributed by atoms with E-state index in [1.54, 1.807) is 24.5 Å². The number of piperazine rings is 1. The van der Waals surface area contributed by atoms with E-state index in [9.17, 15) is 4.39 Å². The highest BCUT2D eigenvalue weighted by atomic mass is 32.1. The molecular formula is C20H27FN4OS. The minimum absolute atomic E-state index is 0.245. The Hall–Kier alpha value is -1.96. The molecule has 0 saturated carbocycles. The number of hydrogen-bond acceptors (Lipinski definition) is 6. The Balaban J connectivity index is 0.000000481. The lowest BCUT2D eigenvalue weighted by molar-refractivity contribution is 0.215. The Bertz CT molecular complexity index is 797. The number of aliphatic imine (C=N–C) groups is 1. The maximum Gasteiger partial charge on any atom is 0.139 e. The molecule has 1 aromatic carbocycles. The lowest BCUT2D eigenvalue weighted by Crippen LogP contribution is -2.46. The Morgan fingerprint density at radius 3 is 2.63 bits per heavy atom. The lowest BCUT2D eigenvalue weighted by Gasteiger charge is -2.30. The standard InChI is InChI=1S/C17H19FN4S.C3H8O/c1-2-12-10-13-16(22-7-5-19-6-8-22)20-14-4-3-11(18)9-15(14)21-17(13)23-12;1-3-4-2/h3-4,9-10,19,21H,2,5-8H2,1H3;3H2,1-2H3. The molecule has 0 radical (unpaired) electrons. The minimum atomic E-state index is -0.245. The molecule has 0 aliphatic carbocycles. The summed E-state index contributed by atoms with van der Waals surface area (Å²) in [7, 11) is 1.68. The van der Waals surface area contributed by atoms with E-state index in [4.69, 9.17) is 4.99 Å². The molecule has 0 spiro atoms. The highest BCUT2D eigenvalue weighted by Crippen LogP contribution is 2.39. The molecule has 2 aliphatic rings. The molecule has 0 unspecified atom stereocenters. The van der Waals surface area contributed by atoms with Crippen molar-refractivity contribution in [3.8, 4) is 0 Å². The van der Waals surface area contributed by atoms with Crippen molar-refractivity contribution in [2.45, 2.75) is 20.3 Å². The third-order valence-electron chi connectivity index (χ3n) is 4.51. The van der Waals surface area contributed by atoms with E-state index in [0.717, 1.165) is 67.0 Å². The molecule has 0 atom stereocenters. The van der Waals surface area contributed by atoms with E-state index in [-0.39, 0.29) is 5.82 Å². The molecule has 5 nitrogen and oxygen atoms in total. The zero-order valence-electron chi connectivity index (χ0n) is 16.1. The summed E-state index contributed by atoms with van der Waals surface area (Å²) in [6, 6.07) is 6.96. The van der Waals surface area contributed by atoms with Crippen molar-refractivity contribution in [2.75, 3.05) is 45.2 Å². The van der Waals surface area contributed by atoms with Crippen LogP contribution in [0.3, 0.4) is 0 Å². The van der Waals surface area contributed by atoms with Crippen LogP contribution >= 0.6 is 11.3 Å². The molecule has 3 heterocycles. The van der Waals surface area contributed by atoms with Crippen molar-refractivity contribution in [3.05, 3.63) is 40.5 Å². The zero-order valence-corrected chi connectivity index (χ0v) is 17.0. The monoisotopic (exact) mass is 390 g/mol. The molecular weight excluding hydrogens is 363 g/mol. The molecule has 27 heavy (non-hydrogen) atoms. The van der Waals surface area contributed by atoms with Crippen LogP contribution in [0.25, 0.3) is 0 Å². The average Bonchev–Trinajstić information content (AvgIpc) is 3.04. The van der Waals surface area contributed by atoms with Gasteiger partial charge >= 0.3 is 0 Å². The number of aryl methyl sites for hydroxylation is 1. The van der Waals surface area contributed by atoms with Crippen molar-refractivity contribution in [3.63, 3.8) is 0 Å². The Kier molecular flexibility index (Phi) is 6.82. The molecule has 7 heteroatoms. The number of benzene rings is 1. The Labute approximate surface area is 164 Å². The van der Waals surface area contributed by atoms with Gasteiger partial charge in [-0.15, -0.1) is 11.3 Å². The van der Waals surface area contributed by atoms with Crippen LogP contribution in [0.1, 0.15) is 24.3 Å². The van der Waals surface area contributed by atoms with Gasteiger partial charge in [-0.05, 0) is 37.6 Å². The first-order valence-electron chi connectivity index (χ1n) is 9.39. The van der Waals surface area contributed by atoms with Crippen molar-refractivity contribution < 1.29 is 9.13 Å². The minimum Gasteiger partial charge on any atom is -0.385 e. The van der Waals surface area contributed by atoms with Crippen molar-refractivity contribution in [2.24, 2.45) is 4.99 Å². The van der Waals surface area contributed by atoms with Gasteiger partial charge < -0.3 is 20.3 Å². The summed E-state index contributed by atoms with van der Waals surface area (Å²) in [6.45, 7) is 8.73. The van der Waals surface area contributed by atoms with Crippen molar-refractivity contribution in [1.29, 1.82) is 0 Å². The number of methoxy groups -OCH3 is 1. The molecule has 1 saturated heterocycles. The number of nitrogens with one attached hydrogen (secondary N) is 2. The molecule has 1 aromatic heterocycles. The van der Waals surface area contributed by atoms with Gasteiger partial charge in [0.25, 0.3) is 0 Å². The van der Waals surface area contributed by atoms with Crippen LogP contribution in [0.2, 0.25) is 0 Å². The van der Waals surface area contributed by atoms with Gasteiger partial charge in [0, 0.05) is 44.8 Å². The van der Waals surface area contributed by atoms with Gasteiger partial charge in [0.1, 0.15) is 16.7 Å². The van der Waals surface area contributed by atoms with Crippen molar-refractivity contribution in [1.82, 2.24) is 10.2 Å². The van der Waals surface area contributed by atoms with Gasteiger partial charge in [-0.25, -0.2) is 9.38 Å². The Morgan fingerprint density at radius 2 is 1.96 bits per heavy atom. The number of ether oxygens (including phenoxy) is 1. The number of rotatable bonds is 2. The second-order valence-corrected chi connectivity index (χ2v) is 7.48. The number of thiophene rings is 1. The molecule has 0 bridgehead atoms. The molecule has 2 aliphatic heterocycles. The first-order chi connectivity index (χ1) is 13.2. The van der Waals surface area contributed by atoms with Crippen LogP contribution in [-0.4, -0.2) is 50.6 Å². The normalized spacial score (nSPS) is 15.6. The average molecular weight is 391 g/mol. The van der Waals surface area contributed by atoms with E-state index >= 15 is 0 Å². The summed E-state index contributed by atoms with van der Waals surface area (Å²) in [6.07, 6.45) is 0.990. The molecule has 2 aromatic rings. The molecule has 146 valence electrons. The first-order valence-corrected chi connectivity index (χ1v) is 10.2. The molecule has 1 fully saturated rings. The summed E-state index contributed by atoms with van der Waals surface area (Å²) in [5.41, 5.74) is 2.66. The van der Waals surface area contributed by atoms with Gasteiger partial charge in [0.15, 0.2) is 0 Å². The third-order valence-corrected chi connectivity index (χ3v) is 5.71. The van der Waals surface area contributed by atoms with Crippen LogP contribution in [-0.2, 0) is 11.2 Å². The van der Waals surface area contributed by atoms with Gasteiger partial charge in [-0.2, -0.15) is 0 Å². The number of hydrogen-bond donors (Lipinski definition) is 2.